The average molecular weight is 266 g/mol. The summed E-state index contributed by atoms with van der Waals surface area (Å²) in [7, 11) is 1.05. The summed E-state index contributed by atoms with van der Waals surface area (Å²) in [5.74, 6) is -3.82. The lowest BCUT2D eigenvalue weighted by Crippen LogP contribution is -2.39. The normalized spacial score (nSPS) is 11.3. The van der Waals surface area contributed by atoms with E-state index in [9.17, 15) is 18.4 Å². The van der Waals surface area contributed by atoms with Crippen LogP contribution >= 0.6 is 12.4 Å². The Balaban J connectivity index is 0.00000256. The predicted octanol–water partition coefficient (Wildman–Crippen LogP) is 1.07. The van der Waals surface area contributed by atoms with Crippen LogP contribution in [0.4, 0.5) is 8.78 Å². The number of carbonyl (C=O) groups excluding carboxylic acids is 2. The molecule has 0 bridgehead atoms. The summed E-state index contributed by atoms with van der Waals surface area (Å²) < 4.78 is 30.0. The van der Waals surface area contributed by atoms with Crippen molar-refractivity contribution in [1.82, 2.24) is 0 Å². The molecule has 1 aromatic carbocycles. The molecule has 1 rings (SSSR count). The number of carbonyl (C=O) groups is 2. The van der Waals surface area contributed by atoms with Crippen molar-refractivity contribution in [2.24, 2.45) is 5.73 Å². The number of ketones is 1. The van der Waals surface area contributed by atoms with Gasteiger partial charge in [-0.1, -0.05) is 0 Å². The third-order valence-electron chi connectivity index (χ3n) is 1.93. The molecule has 0 heterocycles. The van der Waals surface area contributed by atoms with Gasteiger partial charge < -0.3 is 10.5 Å². The van der Waals surface area contributed by atoms with Crippen LogP contribution in [0.3, 0.4) is 0 Å². The molecule has 1 unspecified atom stereocenters. The van der Waals surface area contributed by atoms with E-state index in [4.69, 9.17) is 5.73 Å². The van der Waals surface area contributed by atoms with Gasteiger partial charge in [-0.15, -0.1) is 12.4 Å². The minimum absolute atomic E-state index is 0. The molecule has 4 nitrogen and oxygen atoms in total. The number of hydrogen-bond acceptors (Lipinski definition) is 4. The lowest BCUT2D eigenvalue weighted by Gasteiger charge is -2.08. The van der Waals surface area contributed by atoms with Crippen molar-refractivity contribution in [2.75, 3.05) is 7.11 Å². The number of halogens is 3. The molecule has 0 saturated heterocycles. The van der Waals surface area contributed by atoms with Crippen molar-refractivity contribution in [3.63, 3.8) is 0 Å². The lowest BCUT2D eigenvalue weighted by atomic mass is 10.0. The number of benzene rings is 1. The molecule has 0 saturated carbocycles. The second-order valence-electron chi connectivity index (χ2n) is 2.99. The molecule has 2 N–H and O–H groups in total. The lowest BCUT2D eigenvalue weighted by molar-refractivity contribution is -0.140. The molecule has 0 aliphatic heterocycles. The maximum atomic E-state index is 13.2. The van der Waals surface area contributed by atoms with Crippen molar-refractivity contribution < 1.29 is 23.1 Å². The van der Waals surface area contributed by atoms with Gasteiger partial charge in [-0.3, -0.25) is 4.79 Å². The number of Topliss-reactive ketones (excluding diaryl/α,β-unsaturated/α-hetero) is 1. The van der Waals surface area contributed by atoms with Crippen molar-refractivity contribution in [1.29, 1.82) is 0 Å². The van der Waals surface area contributed by atoms with E-state index in [0.29, 0.717) is 6.07 Å². The quantitative estimate of drug-likeness (QED) is 0.504. The van der Waals surface area contributed by atoms with Gasteiger partial charge >= 0.3 is 5.97 Å². The smallest absolute Gasteiger partial charge is 0.330 e. The zero-order chi connectivity index (χ0) is 12.3. The highest BCUT2D eigenvalue weighted by molar-refractivity contribution is 6.11. The SMILES string of the molecule is COC(=O)C(N)C(=O)c1ccc(F)cc1F.Cl. The Labute approximate surface area is 102 Å². The molecule has 17 heavy (non-hydrogen) atoms. The van der Waals surface area contributed by atoms with E-state index < -0.39 is 35.0 Å². The monoisotopic (exact) mass is 265 g/mol. The summed E-state index contributed by atoms with van der Waals surface area (Å²) in [6, 6.07) is 0.762. The minimum atomic E-state index is -1.61. The molecule has 1 atom stereocenters. The van der Waals surface area contributed by atoms with E-state index in [2.05, 4.69) is 4.74 Å². The van der Waals surface area contributed by atoms with Crippen LogP contribution in [0.5, 0.6) is 0 Å². The molecule has 0 radical (unpaired) electrons. The fourth-order valence-electron chi connectivity index (χ4n) is 1.09. The molecule has 0 spiro atoms. The Kier molecular flexibility index (Phi) is 5.70. The molecular formula is C10H10ClF2NO3. The molecule has 7 heteroatoms. The average Bonchev–Trinajstić information content (AvgIpc) is 2.26. The van der Waals surface area contributed by atoms with Gasteiger partial charge in [0, 0.05) is 6.07 Å². The Bertz CT molecular complexity index is 440. The Hall–Kier alpha value is -1.53. The zero-order valence-electron chi connectivity index (χ0n) is 8.78. The first kappa shape index (κ1) is 15.5. The Morgan fingerprint density at radius 3 is 2.41 bits per heavy atom. The Morgan fingerprint density at radius 1 is 1.35 bits per heavy atom. The maximum Gasteiger partial charge on any atom is 0.330 e. The number of hydrogen-bond donors (Lipinski definition) is 1. The summed E-state index contributed by atoms with van der Waals surface area (Å²) in [5.41, 5.74) is 4.78. The van der Waals surface area contributed by atoms with Crippen LogP contribution in [0.25, 0.3) is 0 Å². The van der Waals surface area contributed by atoms with Crippen LogP contribution in [0, 0.1) is 11.6 Å². The number of nitrogens with two attached hydrogens (primary N) is 1. The molecular weight excluding hydrogens is 256 g/mol. The summed E-state index contributed by atoms with van der Waals surface area (Å²) in [4.78, 5) is 22.4. The van der Waals surface area contributed by atoms with Crippen LogP contribution in [-0.4, -0.2) is 24.9 Å². The van der Waals surface area contributed by atoms with Crippen LogP contribution < -0.4 is 5.73 Å². The van der Waals surface area contributed by atoms with E-state index in [1.54, 1.807) is 0 Å². The highest BCUT2D eigenvalue weighted by atomic mass is 35.5. The topological polar surface area (TPSA) is 69.4 Å². The molecule has 1 aromatic rings. The van der Waals surface area contributed by atoms with Gasteiger partial charge in [0.1, 0.15) is 11.6 Å². The fraction of sp³-hybridized carbons (Fsp3) is 0.200. The van der Waals surface area contributed by atoms with Gasteiger partial charge in [-0.2, -0.15) is 0 Å². The maximum absolute atomic E-state index is 13.2. The van der Waals surface area contributed by atoms with Crippen LogP contribution in [-0.2, 0) is 9.53 Å². The highest BCUT2D eigenvalue weighted by Crippen LogP contribution is 2.11. The first-order chi connectivity index (χ1) is 7.47. The number of rotatable bonds is 3. The van der Waals surface area contributed by atoms with Crippen LogP contribution in [0.15, 0.2) is 18.2 Å². The first-order valence-corrected chi connectivity index (χ1v) is 4.30. The first-order valence-electron chi connectivity index (χ1n) is 4.30. The van der Waals surface area contributed by atoms with E-state index in [-0.39, 0.29) is 12.4 Å². The van der Waals surface area contributed by atoms with Gasteiger partial charge in [0.05, 0.1) is 12.7 Å². The highest BCUT2D eigenvalue weighted by Gasteiger charge is 2.26. The van der Waals surface area contributed by atoms with Gasteiger partial charge in [0.2, 0.25) is 0 Å². The van der Waals surface area contributed by atoms with Crippen molar-refractivity contribution in [3.8, 4) is 0 Å². The molecule has 0 amide bonds. The summed E-state index contributed by atoms with van der Waals surface area (Å²) in [5, 5.41) is 0. The number of esters is 1. The summed E-state index contributed by atoms with van der Waals surface area (Å²) >= 11 is 0. The van der Waals surface area contributed by atoms with Crippen molar-refractivity contribution >= 4 is 24.2 Å². The van der Waals surface area contributed by atoms with Crippen molar-refractivity contribution in [3.05, 3.63) is 35.4 Å². The third kappa shape index (κ3) is 3.47. The van der Waals surface area contributed by atoms with Crippen LogP contribution in [0.1, 0.15) is 10.4 Å². The second kappa shape index (κ2) is 6.27. The van der Waals surface area contributed by atoms with E-state index >= 15 is 0 Å². The molecule has 0 fully saturated rings. The molecule has 0 aliphatic rings. The van der Waals surface area contributed by atoms with E-state index in [1.165, 1.54) is 0 Å². The molecule has 0 aliphatic carbocycles. The number of ether oxygens (including phenoxy) is 1. The van der Waals surface area contributed by atoms with Gasteiger partial charge in [0.15, 0.2) is 11.8 Å². The van der Waals surface area contributed by atoms with Gasteiger partial charge in [-0.25, -0.2) is 13.6 Å². The number of methoxy groups -OCH3 is 1. The summed E-state index contributed by atoms with van der Waals surface area (Å²) in [6.07, 6.45) is 0. The van der Waals surface area contributed by atoms with Crippen molar-refractivity contribution in [2.45, 2.75) is 6.04 Å². The largest absolute Gasteiger partial charge is 0.468 e. The van der Waals surface area contributed by atoms with E-state index in [0.717, 1.165) is 19.2 Å². The second-order valence-corrected chi connectivity index (χ2v) is 2.99. The minimum Gasteiger partial charge on any atom is -0.468 e. The van der Waals surface area contributed by atoms with Gasteiger partial charge in [0.25, 0.3) is 0 Å². The predicted molar refractivity (Wildman–Crippen MR) is 57.9 cm³/mol. The zero-order valence-corrected chi connectivity index (χ0v) is 9.59. The van der Waals surface area contributed by atoms with Crippen LogP contribution in [0.2, 0.25) is 0 Å². The standard InChI is InChI=1S/C10H9F2NO3.ClH/c1-16-10(15)8(13)9(14)6-3-2-5(11)4-7(6)12;/h2-4,8H,13H2,1H3;1H. The molecule has 0 aromatic heterocycles. The van der Waals surface area contributed by atoms with Gasteiger partial charge in [-0.05, 0) is 12.1 Å². The molecule has 94 valence electrons. The fourth-order valence-corrected chi connectivity index (χ4v) is 1.09. The third-order valence-corrected chi connectivity index (χ3v) is 1.93. The summed E-state index contributed by atoms with van der Waals surface area (Å²) in [6.45, 7) is 0. The van der Waals surface area contributed by atoms with E-state index in [1.807, 2.05) is 0 Å². The Morgan fingerprint density at radius 2 is 1.94 bits per heavy atom.